The van der Waals surface area contributed by atoms with E-state index in [1.165, 1.54) is 10.7 Å². The average molecular weight is 276 g/mol. The number of para-hydroxylation sites is 1. The number of hydrogen-bond acceptors (Lipinski definition) is 4. The molecule has 0 fully saturated rings. The van der Waals surface area contributed by atoms with Gasteiger partial charge in [0.15, 0.2) is 0 Å². The number of carbonyl (C=O) groups excluding carboxylic acids is 1. The predicted octanol–water partition coefficient (Wildman–Crippen LogP) is 1.22. The third-order valence-corrected chi connectivity index (χ3v) is 3.02. The van der Waals surface area contributed by atoms with Gasteiger partial charge in [-0.1, -0.05) is 18.2 Å². The summed E-state index contributed by atoms with van der Waals surface area (Å²) in [7, 11) is 0. The van der Waals surface area contributed by atoms with Gasteiger partial charge in [-0.05, 0) is 25.5 Å². The first kappa shape index (κ1) is 14.0. The normalized spacial score (nSPS) is 12.3. The number of hydrogen-bond donors (Lipinski definition) is 2. The van der Waals surface area contributed by atoms with Crippen LogP contribution in [0.3, 0.4) is 0 Å². The van der Waals surface area contributed by atoms with Crippen LogP contribution < -0.4 is 5.32 Å². The number of carbonyl (C=O) groups is 2. The molecule has 2 N–H and O–H groups in total. The number of nitrogens with one attached hydrogen (secondary N) is 1. The number of aromatic carboxylic acids is 1. The van der Waals surface area contributed by atoms with Crippen LogP contribution >= 0.6 is 0 Å². The van der Waals surface area contributed by atoms with Crippen LogP contribution in [0, 0.1) is 0 Å². The van der Waals surface area contributed by atoms with Crippen LogP contribution in [0.5, 0.6) is 0 Å². The minimum atomic E-state index is -1.07. The molecular weight excluding hydrogens is 260 g/mol. The monoisotopic (exact) mass is 276 g/mol. The number of carboxylic acid groups (broad SMARTS) is 1. The summed E-state index contributed by atoms with van der Waals surface area (Å²) in [5.41, 5.74) is 0.904. The third kappa shape index (κ3) is 2.47. The fourth-order valence-corrected chi connectivity index (χ4v) is 1.94. The first-order valence-electron chi connectivity index (χ1n) is 6.41. The highest BCUT2D eigenvalue weighted by Gasteiger charge is 2.22. The molecule has 20 heavy (non-hydrogen) atoms. The molecule has 0 aliphatic carbocycles. The molecule has 0 radical (unpaired) electrons. The maximum Gasteiger partial charge on any atom is 0.337 e. The van der Waals surface area contributed by atoms with Crippen LogP contribution in [-0.2, 0) is 4.79 Å². The molecule has 1 unspecified atom stereocenters. The number of carboxylic acids is 1. The van der Waals surface area contributed by atoms with E-state index in [4.69, 9.17) is 0 Å². The average Bonchev–Trinajstić information content (AvgIpc) is 2.87. The van der Waals surface area contributed by atoms with Crippen molar-refractivity contribution in [3.63, 3.8) is 0 Å². The Kier molecular flexibility index (Phi) is 3.97. The lowest BCUT2D eigenvalue weighted by Crippen LogP contribution is -2.32. The van der Waals surface area contributed by atoms with E-state index in [2.05, 4.69) is 15.6 Å². The first-order valence-corrected chi connectivity index (χ1v) is 6.41. The van der Waals surface area contributed by atoms with Crippen LogP contribution in [-0.4, -0.2) is 38.5 Å². The molecule has 7 nitrogen and oxygen atoms in total. The maximum atomic E-state index is 12.0. The molecule has 0 spiro atoms. The zero-order valence-electron chi connectivity index (χ0n) is 11.3. The second-order valence-electron chi connectivity index (χ2n) is 4.48. The van der Waals surface area contributed by atoms with E-state index in [1.54, 1.807) is 19.1 Å². The van der Waals surface area contributed by atoms with E-state index in [-0.39, 0.29) is 11.5 Å². The van der Waals surface area contributed by atoms with E-state index in [0.29, 0.717) is 17.6 Å². The van der Waals surface area contributed by atoms with Crippen molar-refractivity contribution < 1.29 is 14.7 Å². The highest BCUT2D eigenvalue weighted by atomic mass is 16.4. The van der Waals surface area contributed by atoms with E-state index in [1.807, 2.05) is 6.92 Å². The molecule has 106 valence electrons. The van der Waals surface area contributed by atoms with Gasteiger partial charge in [-0.2, -0.15) is 0 Å². The highest BCUT2D eigenvalue weighted by Crippen LogP contribution is 2.20. The Balaban J connectivity index is 2.44. The standard InChI is InChI=1S/C13H16N4O3/c1-3-7-14-12(18)8(2)17-11-9(13(19)20)5-4-6-10(11)15-16-17/h4-6,8H,3,7H2,1-2H3,(H,14,18)(H,19,20). The summed E-state index contributed by atoms with van der Waals surface area (Å²) in [5, 5.41) is 19.8. The molecule has 0 saturated carbocycles. The molecule has 0 aliphatic heterocycles. The maximum absolute atomic E-state index is 12.0. The quantitative estimate of drug-likeness (QED) is 0.855. The summed E-state index contributed by atoms with van der Waals surface area (Å²) in [6, 6.07) is 4.13. The van der Waals surface area contributed by atoms with Crippen LogP contribution in [0.25, 0.3) is 11.0 Å². The van der Waals surface area contributed by atoms with Crippen molar-refractivity contribution in [2.45, 2.75) is 26.3 Å². The molecule has 2 aromatic rings. The number of nitrogens with zero attached hydrogens (tertiary/aromatic N) is 3. The van der Waals surface area contributed by atoms with Crippen LogP contribution in [0.1, 0.15) is 36.7 Å². The minimum Gasteiger partial charge on any atom is -0.478 e. The van der Waals surface area contributed by atoms with Crippen LogP contribution in [0.4, 0.5) is 0 Å². The molecule has 0 saturated heterocycles. The molecule has 0 bridgehead atoms. The van der Waals surface area contributed by atoms with Gasteiger partial charge < -0.3 is 10.4 Å². The van der Waals surface area contributed by atoms with Crippen molar-refractivity contribution >= 4 is 22.9 Å². The van der Waals surface area contributed by atoms with Crippen molar-refractivity contribution in [3.05, 3.63) is 23.8 Å². The fourth-order valence-electron chi connectivity index (χ4n) is 1.94. The first-order chi connectivity index (χ1) is 9.56. The second kappa shape index (κ2) is 5.68. The largest absolute Gasteiger partial charge is 0.478 e. The highest BCUT2D eigenvalue weighted by molar-refractivity contribution is 6.01. The smallest absolute Gasteiger partial charge is 0.337 e. The summed E-state index contributed by atoms with van der Waals surface area (Å²) in [4.78, 5) is 23.2. The SMILES string of the molecule is CCCNC(=O)C(C)n1nnc2cccc(C(=O)O)c21. The van der Waals surface area contributed by atoms with E-state index in [9.17, 15) is 14.7 Å². The number of benzene rings is 1. The summed E-state index contributed by atoms with van der Waals surface area (Å²) >= 11 is 0. The lowest BCUT2D eigenvalue weighted by atomic mass is 10.1. The Bertz CT molecular complexity index is 650. The molecule has 1 atom stereocenters. The van der Waals surface area contributed by atoms with Crippen molar-refractivity contribution in [3.8, 4) is 0 Å². The van der Waals surface area contributed by atoms with Gasteiger partial charge in [0.2, 0.25) is 5.91 Å². The van der Waals surface area contributed by atoms with Gasteiger partial charge in [-0.15, -0.1) is 5.10 Å². The zero-order chi connectivity index (χ0) is 14.7. The molecule has 7 heteroatoms. The fraction of sp³-hybridized carbons (Fsp3) is 0.385. The summed E-state index contributed by atoms with van der Waals surface area (Å²) in [5.74, 6) is -1.28. The topological polar surface area (TPSA) is 97.1 Å². The molecule has 2 rings (SSSR count). The predicted molar refractivity (Wildman–Crippen MR) is 72.5 cm³/mol. The van der Waals surface area contributed by atoms with Gasteiger partial charge in [-0.3, -0.25) is 4.79 Å². The van der Waals surface area contributed by atoms with Crippen LogP contribution in [0.15, 0.2) is 18.2 Å². The summed E-state index contributed by atoms with van der Waals surface area (Å²) in [6.07, 6.45) is 0.830. The Morgan fingerprint density at radius 3 is 2.85 bits per heavy atom. The van der Waals surface area contributed by atoms with Crippen molar-refractivity contribution in [2.75, 3.05) is 6.54 Å². The van der Waals surface area contributed by atoms with E-state index < -0.39 is 12.0 Å². The van der Waals surface area contributed by atoms with Crippen molar-refractivity contribution in [1.82, 2.24) is 20.3 Å². The van der Waals surface area contributed by atoms with Gasteiger partial charge in [-0.25, -0.2) is 9.48 Å². The number of amides is 1. The second-order valence-corrected chi connectivity index (χ2v) is 4.48. The van der Waals surface area contributed by atoms with Gasteiger partial charge in [0.1, 0.15) is 17.1 Å². The van der Waals surface area contributed by atoms with Crippen molar-refractivity contribution in [1.29, 1.82) is 0 Å². The zero-order valence-corrected chi connectivity index (χ0v) is 11.3. The third-order valence-electron chi connectivity index (χ3n) is 3.02. The van der Waals surface area contributed by atoms with E-state index >= 15 is 0 Å². The van der Waals surface area contributed by atoms with Gasteiger partial charge in [0.25, 0.3) is 0 Å². The van der Waals surface area contributed by atoms with Gasteiger partial charge >= 0.3 is 5.97 Å². The molecule has 1 aromatic heterocycles. The number of rotatable bonds is 5. The lowest BCUT2D eigenvalue weighted by molar-refractivity contribution is -0.124. The summed E-state index contributed by atoms with van der Waals surface area (Å²) < 4.78 is 1.35. The molecule has 0 aliphatic rings. The Morgan fingerprint density at radius 1 is 1.45 bits per heavy atom. The number of aromatic nitrogens is 3. The van der Waals surface area contributed by atoms with Gasteiger partial charge in [0, 0.05) is 6.54 Å². The van der Waals surface area contributed by atoms with Crippen LogP contribution in [0.2, 0.25) is 0 Å². The molecular formula is C13H16N4O3. The Labute approximate surface area is 115 Å². The van der Waals surface area contributed by atoms with Crippen molar-refractivity contribution in [2.24, 2.45) is 0 Å². The molecule has 1 aromatic carbocycles. The Morgan fingerprint density at radius 2 is 2.20 bits per heavy atom. The molecule has 1 heterocycles. The minimum absolute atomic E-state index is 0.0858. The van der Waals surface area contributed by atoms with Gasteiger partial charge in [0.05, 0.1) is 5.56 Å². The van der Waals surface area contributed by atoms with E-state index in [0.717, 1.165) is 6.42 Å². The molecule has 1 amide bonds. The summed E-state index contributed by atoms with van der Waals surface area (Å²) in [6.45, 7) is 4.19. The Hall–Kier alpha value is -2.44. The lowest BCUT2D eigenvalue weighted by Gasteiger charge is -2.13. The number of fused-ring (bicyclic) bond motifs is 1.